The molecule has 0 unspecified atom stereocenters. The minimum Gasteiger partial charge on any atom is -0.378 e. The summed E-state index contributed by atoms with van der Waals surface area (Å²) in [5, 5.41) is 0.671. The number of pyridine rings is 1. The average Bonchev–Trinajstić information content (AvgIpc) is 3.29. The minimum atomic E-state index is -3.86. The Kier molecular flexibility index (Phi) is 6.00. The maximum atomic E-state index is 13.5. The number of hydrogen-bond donors (Lipinski definition) is 0. The van der Waals surface area contributed by atoms with Gasteiger partial charge in [-0.05, 0) is 67.4 Å². The van der Waals surface area contributed by atoms with Crippen LogP contribution in [0.2, 0.25) is 0 Å². The topological polar surface area (TPSA) is 81.0 Å². The van der Waals surface area contributed by atoms with Crippen LogP contribution >= 0.6 is 0 Å². The molecular weight excluding hydrogens is 470 g/mol. The molecule has 8 heteroatoms. The fourth-order valence-corrected chi connectivity index (χ4v) is 5.11. The van der Waals surface area contributed by atoms with E-state index in [1.54, 1.807) is 55.0 Å². The molecule has 0 fully saturated rings. The summed E-state index contributed by atoms with van der Waals surface area (Å²) in [6, 6.07) is 20.0. The first-order valence-corrected chi connectivity index (χ1v) is 12.7. The molecule has 0 aliphatic heterocycles. The Morgan fingerprint density at radius 1 is 0.861 bits per heavy atom. The minimum absolute atomic E-state index is 0.191. The molecule has 0 N–H and O–H groups in total. The number of rotatable bonds is 4. The molecule has 178 valence electrons. The van der Waals surface area contributed by atoms with Crippen LogP contribution in [0.4, 0.5) is 5.69 Å². The van der Waals surface area contributed by atoms with Gasteiger partial charge in [0.2, 0.25) is 5.82 Å². The van der Waals surface area contributed by atoms with Crippen molar-refractivity contribution >= 4 is 26.7 Å². The Labute approximate surface area is 210 Å². The van der Waals surface area contributed by atoms with Crippen LogP contribution in [0.15, 0.2) is 90.2 Å². The van der Waals surface area contributed by atoms with Gasteiger partial charge in [0.25, 0.3) is 10.0 Å². The lowest BCUT2D eigenvalue weighted by atomic mass is 10.1. The van der Waals surface area contributed by atoms with E-state index in [1.165, 1.54) is 3.97 Å². The van der Waals surface area contributed by atoms with E-state index in [4.69, 9.17) is 0 Å². The lowest BCUT2D eigenvalue weighted by Crippen LogP contribution is -2.12. The summed E-state index contributed by atoms with van der Waals surface area (Å²) in [5.74, 6) is 6.44. The standard InChI is InChI=1S/C28H23N5O2S/c1-20-6-13-23(14-7-20)36(34,35)33-19-25(24-5-4-17-30-28(24)33)26-16-18-29-27(31-26)15-10-21-8-11-22(12-9-21)32(2)3/h4-9,11-14,16-19H,1-3H3. The van der Waals surface area contributed by atoms with Crippen LogP contribution in [0, 0.1) is 18.8 Å². The zero-order valence-electron chi connectivity index (χ0n) is 20.0. The zero-order chi connectivity index (χ0) is 25.3. The first-order chi connectivity index (χ1) is 17.3. The van der Waals surface area contributed by atoms with Crippen molar-refractivity contribution in [3.05, 3.63) is 102 Å². The maximum absolute atomic E-state index is 13.5. The molecule has 0 atom stereocenters. The van der Waals surface area contributed by atoms with Gasteiger partial charge in [-0.15, -0.1) is 0 Å². The van der Waals surface area contributed by atoms with E-state index in [-0.39, 0.29) is 4.90 Å². The number of nitrogens with zero attached hydrogens (tertiary/aromatic N) is 5. The summed E-state index contributed by atoms with van der Waals surface area (Å²) in [7, 11) is 0.113. The zero-order valence-corrected chi connectivity index (χ0v) is 20.9. The molecule has 3 heterocycles. The van der Waals surface area contributed by atoms with Crippen molar-refractivity contribution < 1.29 is 8.42 Å². The van der Waals surface area contributed by atoms with Crippen molar-refractivity contribution in [2.75, 3.05) is 19.0 Å². The number of fused-ring (bicyclic) bond motifs is 1. The molecular formula is C28H23N5O2S. The van der Waals surface area contributed by atoms with Crippen molar-refractivity contribution in [2.24, 2.45) is 0 Å². The number of aryl methyl sites for hydroxylation is 1. The lowest BCUT2D eigenvalue weighted by molar-refractivity contribution is 0.589. The Bertz CT molecular complexity index is 1730. The third-order valence-electron chi connectivity index (χ3n) is 5.74. The molecule has 0 bridgehead atoms. The van der Waals surface area contributed by atoms with Gasteiger partial charge in [-0.2, -0.15) is 0 Å². The number of aromatic nitrogens is 4. The predicted octanol–water partition coefficient (Wildman–Crippen LogP) is 4.50. The first-order valence-electron chi connectivity index (χ1n) is 11.2. The molecule has 0 radical (unpaired) electrons. The van der Waals surface area contributed by atoms with Gasteiger partial charge in [0.05, 0.1) is 10.6 Å². The second-order valence-corrected chi connectivity index (χ2v) is 10.3. The van der Waals surface area contributed by atoms with Gasteiger partial charge in [-0.3, -0.25) is 0 Å². The molecule has 5 aromatic rings. The molecule has 0 aliphatic carbocycles. The van der Waals surface area contributed by atoms with E-state index in [1.807, 2.05) is 56.3 Å². The number of benzene rings is 2. The molecule has 0 saturated heterocycles. The van der Waals surface area contributed by atoms with Crippen molar-refractivity contribution in [1.82, 2.24) is 18.9 Å². The van der Waals surface area contributed by atoms with Gasteiger partial charge in [0.1, 0.15) is 0 Å². The molecule has 0 spiro atoms. The van der Waals surface area contributed by atoms with Crippen molar-refractivity contribution in [3.8, 4) is 23.1 Å². The fourth-order valence-electron chi connectivity index (χ4n) is 3.78. The Hall–Kier alpha value is -4.48. The third kappa shape index (κ3) is 4.44. The van der Waals surface area contributed by atoms with Crippen LogP contribution in [0.25, 0.3) is 22.3 Å². The normalized spacial score (nSPS) is 11.2. The average molecular weight is 494 g/mol. The van der Waals surface area contributed by atoms with Gasteiger partial charge in [0.15, 0.2) is 5.65 Å². The van der Waals surface area contributed by atoms with Gasteiger partial charge in [-0.1, -0.05) is 23.6 Å². The monoisotopic (exact) mass is 493 g/mol. The highest BCUT2D eigenvalue weighted by Crippen LogP contribution is 2.31. The van der Waals surface area contributed by atoms with Crippen LogP contribution in [0.1, 0.15) is 17.0 Å². The van der Waals surface area contributed by atoms with E-state index < -0.39 is 10.0 Å². The Morgan fingerprint density at radius 3 is 2.33 bits per heavy atom. The van der Waals surface area contributed by atoms with Crippen molar-refractivity contribution in [1.29, 1.82) is 0 Å². The van der Waals surface area contributed by atoms with Crippen LogP contribution < -0.4 is 4.90 Å². The smallest absolute Gasteiger partial charge is 0.269 e. The van der Waals surface area contributed by atoms with Gasteiger partial charge in [-0.25, -0.2) is 27.3 Å². The summed E-state index contributed by atoms with van der Waals surface area (Å²) in [5.41, 5.74) is 4.44. The SMILES string of the molecule is Cc1ccc(S(=O)(=O)n2cc(-c3ccnc(C#Cc4ccc(N(C)C)cc4)n3)c3cccnc32)cc1. The summed E-state index contributed by atoms with van der Waals surface area (Å²) >= 11 is 0. The largest absolute Gasteiger partial charge is 0.378 e. The molecule has 0 aliphatic rings. The second-order valence-electron chi connectivity index (χ2n) is 8.49. The number of anilines is 1. The quantitative estimate of drug-likeness (QED) is 0.343. The lowest BCUT2D eigenvalue weighted by Gasteiger charge is -2.11. The summed E-state index contributed by atoms with van der Waals surface area (Å²) in [6.45, 7) is 1.91. The molecule has 0 amide bonds. The summed E-state index contributed by atoms with van der Waals surface area (Å²) in [4.78, 5) is 15.5. The molecule has 3 aromatic heterocycles. The van der Waals surface area contributed by atoms with E-state index in [9.17, 15) is 8.42 Å². The van der Waals surface area contributed by atoms with Crippen molar-refractivity contribution in [2.45, 2.75) is 11.8 Å². The third-order valence-corrected chi connectivity index (χ3v) is 7.41. The van der Waals surface area contributed by atoms with E-state index >= 15 is 0 Å². The van der Waals surface area contributed by atoms with E-state index in [0.29, 0.717) is 28.1 Å². The molecule has 7 nitrogen and oxygen atoms in total. The fraction of sp³-hybridized carbons (Fsp3) is 0.107. The van der Waals surface area contributed by atoms with Crippen LogP contribution in [-0.2, 0) is 10.0 Å². The highest BCUT2D eigenvalue weighted by molar-refractivity contribution is 7.90. The van der Waals surface area contributed by atoms with Crippen LogP contribution in [-0.4, -0.2) is 41.4 Å². The Morgan fingerprint density at radius 2 is 1.61 bits per heavy atom. The maximum Gasteiger partial charge on any atom is 0.269 e. The van der Waals surface area contributed by atoms with Gasteiger partial charge in [0, 0.05) is 54.9 Å². The number of hydrogen-bond acceptors (Lipinski definition) is 6. The molecule has 0 saturated carbocycles. The highest BCUT2D eigenvalue weighted by atomic mass is 32.2. The summed E-state index contributed by atoms with van der Waals surface area (Å²) in [6.07, 6.45) is 4.76. The molecule has 2 aromatic carbocycles. The van der Waals surface area contributed by atoms with E-state index in [2.05, 4.69) is 26.8 Å². The van der Waals surface area contributed by atoms with Gasteiger partial charge < -0.3 is 4.90 Å². The predicted molar refractivity (Wildman–Crippen MR) is 141 cm³/mol. The Balaban J connectivity index is 1.56. The van der Waals surface area contributed by atoms with Crippen LogP contribution in [0.3, 0.4) is 0 Å². The molecule has 36 heavy (non-hydrogen) atoms. The second kappa shape index (κ2) is 9.29. The van der Waals surface area contributed by atoms with Crippen molar-refractivity contribution in [3.63, 3.8) is 0 Å². The van der Waals surface area contributed by atoms with Crippen LogP contribution in [0.5, 0.6) is 0 Å². The van der Waals surface area contributed by atoms with Gasteiger partial charge >= 0.3 is 0 Å². The first kappa shape index (κ1) is 23.3. The molecule has 5 rings (SSSR count). The van der Waals surface area contributed by atoms with E-state index in [0.717, 1.165) is 16.8 Å². The highest BCUT2D eigenvalue weighted by Gasteiger charge is 2.23. The summed E-state index contributed by atoms with van der Waals surface area (Å²) < 4.78 is 28.1.